The maximum absolute atomic E-state index is 13.0. The Morgan fingerprint density at radius 3 is 2.83 bits per heavy atom. The average molecular weight is 317 g/mol. The molecule has 2 amide bonds. The molecule has 1 fully saturated rings. The molecule has 2 aromatic rings. The molecule has 120 valence electrons. The van der Waals surface area contributed by atoms with Crippen molar-refractivity contribution < 1.29 is 18.5 Å². The van der Waals surface area contributed by atoms with Gasteiger partial charge >= 0.3 is 0 Å². The first-order chi connectivity index (χ1) is 11.0. The Bertz CT molecular complexity index is 726. The maximum Gasteiger partial charge on any atom is 0.227 e. The van der Waals surface area contributed by atoms with Crippen LogP contribution in [0.4, 0.5) is 10.1 Å². The molecular weight excluding hydrogens is 301 g/mol. The lowest BCUT2D eigenvalue weighted by Gasteiger charge is -2.16. The number of hydrogen-bond acceptors (Lipinski definition) is 4. The highest BCUT2D eigenvalue weighted by molar-refractivity contribution is 6.00. The Hall–Kier alpha value is -2.70. The smallest absolute Gasteiger partial charge is 0.227 e. The van der Waals surface area contributed by atoms with Crippen LogP contribution in [0.3, 0.4) is 0 Å². The molecule has 1 aromatic heterocycles. The predicted octanol–water partition coefficient (Wildman–Crippen LogP) is 1.79. The van der Waals surface area contributed by atoms with E-state index in [1.165, 1.54) is 29.2 Å². The van der Waals surface area contributed by atoms with Crippen LogP contribution in [0.2, 0.25) is 0 Å². The van der Waals surface area contributed by atoms with Gasteiger partial charge in [-0.2, -0.15) is 0 Å². The highest BCUT2D eigenvalue weighted by Gasteiger charge is 2.35. The molecule has 0 unspecified atom stereocenters. The van der Waals surface area contributed by atoms with Crippen molar-refractivity contribution in [2.24, 2.45) is 5.92 Å². The first-order valence-corrected chi connectivity index (χ1v) is 7.29. The Balaban J connectivity index is 1.60. The van der Waals surface area contributed by atoms with Crippen LogP contribution in [0.25, 0.3) is 0 Å². The van der Waals surface area contributed by atoms with Gasteiger partial charge in [0, 0.05) is 24.7 Å². The van der Waals surface area contributed by atoms with Gasteiger partial charge in [0.05, 0.1) is 12.5 Å². The molecule has 0 aliphatic carbocycles. The molecule has 1 aliphatic heterocycles. The first kappa shape index (κ1) is 15.2. The van der Waals surface area contributed by atoms with Crippen LogP contribution in [0.5, 0.6) is 0 Å². The third kappa shape index (κ3) is 3.39. The number of amides is 2. The number of hydrogen-bond donors (Lipinski definition) is 1. The zero-order valence-electron chi connectivity index (χ0n) is 12.6. The molecule has 1 aromatic carbocycles. The van der Waals surface area contributed by atoms with Crippen molar-refractivity contribution in [2.75, 3.05) is 11.4 Å². The van der Waals surface area contributed by atoms with E-state index in [4.69, 9.17) is 4.52 Å². The maximum atomic E-state index is 13.0. The van der Waals surface area contributed by atoms with E-state index in [0.29, 0.717) is 17.1 Å². The van der Waals surface area contributed by atoms with E-state index in [1.54, 1.807) is 13.0 Å². The summed E-state index contributed by atoms with van der Waals surface area (Å²) in [6.07, 6.45) is 0.140. The van der Waals surface area contributed by atoms with Gasteiger partial charge in [0.15, 0.2) is 0 Å². The van der Waals surface area contributed by atoms with Crippen LogP contribution >= 0.6 is 0 Å². The fourth-order valence-corrected chi connectivity index (χ4v) is 2.58. The van der Waals surface area contributed by atoms with Gasteiger partial charge in [0.1, 0.15) is 17.3 Å². The number of halogens is 1. The molecule has 1 aliphatic rings. The standard InChI is InChI=1S/C16H16FN3O3/c1-10-6-13(19-23-10)8-18-16(22)11-7-15(21)20(9-11)14-4-2-12(17)3-5-14/h2-6,11H,7-9H2,1H3,(H,18,22)/t11-/m1/s1. The Labute approximate surface area is 132 Å². The van der Waals surface area contributed by atoms with Gasteiger partial charge < -0.3 is 14.7 Å². The number of rotatable bonds is 4. The van der Waals surface area contributed by atoms with Crippen molar-refractivity contribution in [1.29, 1.82) is 0 Å². The van der Waals surface area contributed by atoms with E-state index in [9.17, 15) is 14.0 Å². The van der Waals surface area contributed by atoms with Gasteiger partial charge in [-0.1, -0.05) is 5.16 Å². The number of nitrogens with zero attached hydrogens (tertiary/aromatic N) is 2. The highest BCUT2D eigenvalue weighted by atomic mass is 19.1. The SMILES string of the molecule is Cc1cc(CNC(=O)[C@@H]2CC(=O)N(c3ccc(F)cc3)C2)no1. The second-order valence-electron chi connectivity index (χ2n) is 5.53. The Kier molecular flexibility index (Phi) is 4.10. The second-order valence-corrected chi connectivity index (χ2v) is 5.53. The van der Waals surface area contributed by atoms with E-state index >= 15 is 0 Å². The first-order valence-electron chi connectivity index (χ1n) is 7.29. The third-order valence-electron chi connectivity index (χ3n) is 3.75. The normalized spacial score (nSPS) is 17.6. The summed E-state index contributed by atoms with van der Waals surface area (Å²) in [6.45, 7) is 2.32. The van der Waals surface area contributed by atoms with Gasteiger partial charge in [0.2, 0.25) is 11.8 Å². The number of carbonyl (C=O) groups excluding carboxylic acids is 2. The number of anilines is 1. The monoisotopic (exact) mass is 317 g/mol. The van der Waals surface area contributed by atoms with Crippen LogP contribution in [-0.2, 0) is 16.1 Å². The van der Waals surface area contributed by atoms with Crippen LogP contribution in [0.1, 0.15) is 17.9 Å². The van der Waals surface area contributed by atoms with E-state index in [1.807, 2.05) is 0 Å². The van der Waals surface area contributed by atoms with E-state index < -0.39 is 5.92 Å². The zero-order chi connectivity index (χ0) is 16.4. The molecule has 3 rings (SSSR count). The predicted molar refractivity (Wildman–Crippen MR) is 79.9 cm³/mol. The second kappa shape index (κ2) is 6.20. The van der Waals surface area contributed by atoms with Gasteiger partial charge in [-0.25, -0.2) is 4.39 Å². The Morgan fingerprint density at radius 2 is 2.17 bits per heavy atom. The molecule has 6 nitrogen and oxygen atoms in total. The van der Waals surface area contributed by atoms with Crippen molar-refractivity contribution >= 4 is 17.5 Å². The summed E-state index contributed by atoms with van der Waals surface area (Å²) in [4.78, 5) is 25.8. The van der Waals surface area contributed by atoms with Gasteiger partial charge in [-0.15, -0.1) is 0 Å². The molecule has 0 radical (unpaired) electrons. The molecular formula is C16H16FN3O3. The lowest BCUT2D eigenvalue weighted by atomic mass is 10.1. The van der Waals surface area contributed by atoms with Crippen LogP contribution in [0.15, 0.2) is 34.9 Å². The van der Waals surface area contributed by atoms with Crippen molar-refractivity contribution in [3.63, 3.8) is 0 Å². The zero-order valence-corrected chi connectivity index (χ0v) is 12.6. The summed E-state index contributed by atoms with van der Waals surface area (Å²) in [5.74, 6) is -0.469. The Morgan fingerprint density at radius 1 is 1.43 bits per heavy atom. The summed E-state index contributed by atoms with van der Waals surface area (Å²) in [5.41, 5.74) is 1.23. The minimum Gasteiger partial charge on any atom is -0.361 e. The fourth-order valence-electron chi connectivity index (χ4n) is 2.58. The number of aromatic nitrogens is 1. The average Bonchev–Trinajstić information content (AvgIpc) is 3.12. The lowest BCUT2D eigenvalue weighted by molar-refractivity contribution is -0.126. The summed E-state index contributed by atoms with van der Waals surface area (Å²) >= 11 is 0. The van der Waals surface area contributed by atoms with Gasteiger partial charge in [-0.05, 0) is 31.2 Å². The van der Waals surface area contributed by atoms with Gasteiger partial charge in [0.25, 0.3) is 0 Å². The highest BCUT2D eigenvalue weighted by Crippen LogP contribution is 2.25. The van der Waals surface area contributed by atoms with Crippen molar-refractivity contribution in [3.05, 3.63) is 47.6 Å². The molecule has 1 N–H and O–H groups in total. The van der Waals surface area contributed by atoms with Crippen molar-refractivity contribution in [2.45, 2.75) is 19.9 Å². The van der Waals surface area contributed by atoms with E-state index in [2.05, 4.69) is 10.5 Å². The molecule has 0 spiro atoms. The van der Waals surface area contributed by atoms with E-state index in [0.717, 1.165) is 0 Å². The lowest BCUT2D eigenvalue weighted by Crippen LogP contribution is -2.32. The molecule has 0 saturated carbocycles. The summed E-state index contributed by atoms with van der Waals surface area (Å²) in [6, 6.07) is 7.40. The summed E-state index contributed by atoms with van der Waals surface area (Å²) in [7, 11) is 0. The van der Waals surface area contributed by atoms with Crippen molar-refractivity contribution in [3.8, 4) is 0 Å². The van der Waals surface area contributed by atoms with Crippen molar-refractivity contribution in [1.82, 2.24) is 10.5 Å². The number of nitrogens with one attached hydrogen (secondary N) is 1. The third-order valence-corrected chi connectivity index (χ3v) is 3.75. The van der Waals surface area contributed by atoms with Crippen LogP contribution in [-0.4, -0.2) is 23.5 Å². The molecule has 23 heavy (non-hydrogen) atoms. The summed E-state index contributed by atoms with van der Waals surface area (Å²) in [5, 5.41) is 6.55. The topological polar surface area (TPSA) is 75.4 Å². The molecule has 0 bridgehead atoms. The van der Waals surface area contributed by atoms with Crippen LogP contribution < -0.4 is 10.2 Å². The molecule has 1 saturated heterocycles. The quantitative estimate of drug-likeness (QED) is 0.933. The number of benzene rings is 1. The molecule has 1 atom stereocenters. The fraction of sp³-hybridized carbons (Fsp3) is 0.312. The number of aryl methyl sites for hydroxylation is 1. The number of carbonyl (C=O) groups is 2. The largest absolute Gasteiger partial charge is 0.361 e. The van der Waals surface area contributed by atoms with Gasteiger partial charge in [-0.3, -0.25) is 9.59 Å². The minimum atomic E-state index is -0.430. The summed E-state index contributed by atoms with van der Waals surface area (Å²) < 4.78 is 17.9. The molecule has 2 heterocycles. The van der Waals surface area contributed by atoms with E-state index in [-0.39, 0.29) is 37.1 Å². The van der Waals surface area contributed by atoms with Crippen LogP contribution in [0, 0.1) is 18.7 Å². The molecule has 7 heteroatoms. The minimum absolute atomic E-state index is 0.140.